The van der Waals surface area contributed by atoms with Crippen molar-refractivity contribution >= 4 is 25.7 Å². The van der Waals surface area contributed by atoms with Crippen LogP contribution in [0.4, 0.5) is 10.1 Å². The molecule has 0 bridgehead atoms. The highest BCUT2D eigenvalue weighted by molar-refractivity contribution is 7.92. The number of primary sulfonamides is 1. The number of rotatable bonds is 4. The van der Waals surface area contributed by atoms with Gasteiger partial charge in [0.1, 0.15) is 0 Å². The lowest BCUT2D eigenvalue weighted by molar-refractivity contribution is 0.556. The number of hydrogen-bond donors (Lipinski definition) is 2. The summed E-state index contributed by atoms with van der Waals surface area (Å²) in [5, 5.41) is 4.16. The number of pyridine rings is 1. The molecule has 0 saturated heterocycles. The van der Waals surface area contributed by atoms with Crippen LogP contribution in [0.5, 0.6) is 0 Å². The third-order valence-corrected chi connectivity index (χ3v) is 4.62. The lowest BCUT2D eigenvalue weighted by atomic mass is 10.3. The van der Waals surface area contributed by atoms with Crippen LogP contribution in [0.15, 0.2) is 52.5 Å². The van der Waals surface area contributed by atoms with Gasteiger partial charge in [-0.05, 0) is 30.3 Å². The fourth-order valence-corrected chi connectivity index (χ4v) is 3.13. The predicted molar refractivity (Wildman–Crippen MR) is 72.8 cm³/mol. The molecule has 0 fully saturated rings. The lowest BCUT2D eigenvalue weighted by Crippen LogP contribution is -2.17. The zero-order valence-electron chi connectivity index (χ0n) is 10.4. The minimum atomic E-state index is -4.28. The standard InChI is InChI=1S/C11H10FN3O4S2/c12-10-5-2-6-14-11(10)21(18,19)15-8-3-1-4-9(7-8)20(13,16)17/h1-7,15H,(H2,13,16,17). The number of benzene rings is 1. The van der Waals surface area contributed by atoms with Crippen LogP contribution in [0.25, 0.3) is 0 Å². The maximum absolute atomic E-state index is 13.5. The van der Waals surface area contributed by atoms with Crippen LogP contribution in [0.1, 0.15) is 0 Å². The molecule has 3 N–H and O–H groups in total. The summed E-state index contributed by atoms with van der Waals surface area (Å²) in [5.74, 6) is -1.02. The molecule has 7 nitrogen and oxygen atoms in total. The van der Waals surface area contributed by atoms with Crippen LogP contribution in [0, 0.1) is 5.82 Å². The second kappa shape index (κ2) is 5.39. The van der Waals surface area contributed by atoms with E-state index in [1.807, 2.05) is 4.72 Å². The van der Waals surface area contributed by atoms with E-state index in [9.17, 15) is 21.2 Å². The molecule has 0 saturated carbocycles. The number of aromatic nitrogens is 1. The Balaban J connectivity index is 2.41. The van der Waals surface area contributed by atoms with Gasteiger partial charge in [-0.3, -0.25) is 4.72 Å². The molecule has 2 rings (SSSR count). The normalized spacial score (nSPS) is 12.1. The average molecular weight is 331 g/mol. The Hall–Kier alpha value is -2.04. The number of halogens is 1. The van der Waals surface area contributed by atoms with Crippen LogP contribution in [0.3, 0.4) is 0 Å². The molecule has 0 aliphatic heterocycles. The third-order valence-electron chi connectivity index (χ3n) is 2.39. The van der Waals surface area contributed by atoms with Crippen molar-refractivity contribution in [1.82, 2.24) is 4.98 Å². The lowest BCUT2D eigenvalue weighted by Gasteiger charge is -2.08. The van der Waals surface area contributed by atoms with Crippen molar-refractivity contribution in [3.63, 3.8) is 0 Å². The van der Waals surface area contributed by atoms with Gasteiger partial charge in [0.15, 0.2) is 5.82 Å². The molecular formula is C11H10FN3O4S2. The molecule has 10 heteroatoms. The summed E-state index contributed by atoms with van der Waals surface area (Å²) in [6.07, 6.45) is 1.12. The second-order valence-corrected chi connectivity index (χ2v) is 7.13. The molecule has 0 aliphatic rings. The second-order valence-electron chi connectivity index (χ2n) is 3.97. The molecule has 2 aromatic rings. The van der Waals surface area contributed by atoms with Gasteiger partial charge in [0.05, 0.1) is 10.6 Å². The molecule has 112 valence electrons. The van der Waals surface area contributed by atoms with Crippen molar-refractivity contribution in [1.29, 1.82) is 0 Å². The first-order chi connectivity index (χ1) is 9.70. The summed E-state index contributed by atoms with van der Waals surface area (Å²) in [6, 6.07) is 7.01. The summed E-state index contributed by atoms with van der Waals surface area (Å²) < 4.78 is 61.9. The van der Waals surface area contributed by atoms with Crippen molar-refractivity contribution in [3.8, 4) is 0 Å². The van der Waals surface area contributed by atoms with E-state index < -0.39 is 30.9 Å². The Morgan fingerprint density at radius 3 is 2.43 bits per heavy atom. The fourth-order valence-electron chi connectivity index (χ4n) is 1.51. The van der Waals surface area contributed by atoms with Gasteiger partial charge < -0.3 is 0 Å². The van der Waals surface area contributed by atoms with E-state index in [0.29, 0.717) is 0 Å². The smallest absolute Gasteiger partial charge is 0.278 e. The highest BCUT2D eigenvalue weighted by atomic mass is 32.2. The Labute approximate surface area is 120 Å². The molecule has 21 heavy (non-hydrogen) atoms. The highest BCUT2D eigenvalue weighted by Gasteiger charge is 2.21. The molecule has 0 atom stereocenters. The minimum absolute atomic E-state index is 0.0772. The molecule has 1 heterocycles. The van der Waals surface area contributed by atoms with Gasteiger partial charge in [-0.15, -0.1) is 0 Å². The zero-order valence-corrected chi connectivity index (χ0v) is 12.0. The maximum Gasteiger partial charge on any atom is 0.282 e. The number of nitrogens with two attached hydrogens (primary N) is 1. The first kappa shape index (κ1) is 15.4. The van der Waals surface area contributed by atoms with Crippen LogP contribution < -0.4 is 9.86 Å². The maximum atomic E-state index is 13.5. The number of nitrogens with one attached hydrogen (secondary N) is 1. The van der Waals surface area contributed by atoms with Crippen molar-refractivity contribution in [2.24, 2.45) is 5.14 Å². The number of anilines is 1. The fraction of sp³-hybridized carbons (Fsp3) is 0. The van der Waals surface area contributed by atoms with Gasteiger partial charge in [-0.25, -0.2) is 22.9 Å². The van der Waals surface area contributed by atoms with Crippen molar-refractivity contribution in [3.05, 3.63) is 48.4 Å². The van der Waals surface area contributed by atoms with Gasteiger partial charge in [-0.2, -0.15) is 8.42 Å². The summed E-state index contributed by atoms with van der Waals surface area (Å²) in [7, 11) is -8.26. The zero-order chi connectivity index (χ0) is 15.7. The number of nitrogens with zero attached hydrogens (tertiary/aromatic N) is 1. The summed E-state index contributed by atoms with van der Waals surface area (Å²) >= 11 is 0. The van der Waals surface area contributed by atoms with E-state index in [2.05, 4.69) is 4.98 Å². The van der Waals surface area contributed by atoms with Gasteiger partial charge in [0, 0.05) is 6.20 Å². The minimum Gasteiger partial charge on any atom is -0.278 e. The Kier molecular flexibility index (Phi) is 3.94. The predicted octanol–water partition coefficient (Wildman–Crippen LogP) is 0.669. The van der Waals surface area contributed by atoms with Crippen LogP contribution in [-0.2, 0) is 20.0 Å². The topological polar surface area (TPSA) is 119 Å². The van der Waals surface area contributed by atoms with Crippen molar-refractivity contribution in [2.75, 3.05) is 4.72 Å². The van der Waals surface area contributed by atoms with Crippen LogP contribution in [-0.4, -0.2) is 21.8 Å². The van der Waals surface area contributed by atoms with E-state index in [1.165, 1.54) is 24.3 Å². The van der Waals surface area contributed by atoms with Gasteiger partial charge in [0.2, 0.25) is 15.0 Å². The van der Waals surface area contributed by atoms with E-state index >= 15 is 0 Å². The Morgan fingerprint density at radius 1 is 1.10 bits per heavy atom. The van der Waals surface area contributed by atoms with E-state index in [-0.39, 0.29) is 10.6 Å². The molecule has 0 amide bonds. The SMILES string of the molecule is NS(=O)(=O)c1cccc(NS(=O)(=O)c2ncccc2F)c1. The van der Waals surface area contributed by atoms with Crippen LogP contribution in [0.2, 0.25) is 0 Å². The monoisotopic (exact) mass is 331 g/mol. The first-order valence-corrected chi connectivity index (χ1v) is 8.49. The van der Waals surface area contributed by atoms with Gasteiger partial charge in [0.25, 0.3) is 10.0 Å². The quantitative estimate of drug-likeness (QED) is 0.853. The molecular weight excluding hydrogens is 321 g/mol. The number of hydrogen-bond acceptors (Lipinski definition) is 5. The van der Waals surface area contributed by atoms with Gasteiger partial charge >= 0.3 is 0 Å². The summed E-state index contributed by atoms with van der Waals surface area (Å²) in [6.45, 7) is 0. The highest BCUT2D eigenvalue weighted by Crippen LogP contribution is 2.19. The first-order valence-electron chi connectivity index (χ1n) is 5.46. The van der Waals surface area contributed by atoms with Gasteiger partial charge in [-0.1, -0.05) is 6.07 Å². The average Bonchev–Trinajstić information content (AvgIpc) is 2.37. The Bertz CT molecular complexity index is 882. The van der Waals surface area contributed by atoms with Crippen molar-refractivity contribution in [2.45, 2.75) is 9.92 Å². The van der Waals surface area contributed by atoms with E-state index in [1.54, 1.807) is 0 Å². The molecule has 1 aromatic heterocycles. The Morgan fingerprint density at radius 2 is 1.81 bits per heavy atom. The largest absolute Gasteiger partial charge is 0.282 e. The molecule has 0 radical (unpaired) electrons. The molecule has 0 spiro atoms. The van der Waals surface area contributed by atoms with Crippen LogP contribution >= 0.6 is 0 Å². The third kappa shape index (κ3) is 3.54. The van der Waals surface area contributed by atoms with Crippen molar-refractivity contribution < 1.29 is 21.2 Å². The summed E-state index contributed by atoms with van der Waals surface area (Å²) in [5.41, 5.74) is -0.0772. The van der Waals surface area contributed by atoms with E-state index in [0.717, 1.165) is 18.3 Å². The molecule has 1 aromatic carbocycles. The molecule has 0 aliphatic carbocycles. The molecule has 0 unspecified atom stereocenters. The van der Waals surface area contributed by atoms with E-state index in [4.69, 9.17) is 5.14 Å². The number of sulfonamides is 2. The summed E-state index contributed by atoms with van der Waals surface area (Å²) in [4.78, 5) is 3.18.